The van der Waals surface area contributed by atoms with E-state index in [1.54, 1.807) is 0 Å². The van der Waals surface area contributed by atoms with Crippen LogP contribution in [0.4, 0.5) is 11.4 Å². The number of hydrogen-bond acceptors (Lipinski definition) is 7. The van der Waals surface area contributed by atoms with E-state index < -0.39 is 39.1 Å². The average Bonchev–Trinajstić information content (AvgIpc) is 2.86. The molecule has 1 saturated carbocycles. The van der Waals surface area contributed by atoms with Gasteiger partial charge in [0.25, 0.3) is 17.3 Å². The highest BCUT2D eigenvalue weighted by atomic mass is 16.6. The number of nitrogens with one attached hydrogen (secondary N) is 1. The molecule has 10 nitrogen and oxygen atoms in total. The van der Waals surface area contributed by atoms with Gasteiger partial charge in [-0.05, 0) is 32.1 Å². The van der Waals surface area contributed by atoms with Gasteiger partial charge < -0.3 is 10.1 Å². The Hall–Kier alpha value is -3.30. The Balaban J connectivity index is 1.94. The number of nitrogens with zero attached hydrogens (tertiary/aromatic N) is 2. The van der Waals surface area contributed by atoms with Crippen LogP contribution in [0.1, 0.15) is 100 Å². The van der Waals surface area contributed by atoms with Crippen LogP contribution < -0.4 is 5.32 Å². The molecule has 2 unspecified atom stereocenters. The fourth-order valence-corrected chi connectivity index (χ4v) is 4.68. The van der Waals surface area contributed by atoms with E-state index in [9.17, 15) is 29.8 Å². The number of hydrogen-bond donors (Lipinski definition) is 1. The van der Waals surface area contributed by atoms with Crippen LogP contribution in [0, 0.1) is 26.1 Å². The predicted molar refractivity (Wildman–Crippen MR) is 140 cm³/mol. The van der Waals surface area contributed by atoms with E-state index in [2.05, 4.69) is 11.9 Å². The molecule has 0 aromatic heterocycles. The van der Waals surface area contributed by atoms with Crippen molar-refractivity contribution in [3.63, 3.8) is 0 Å². The van der Waals surface area contributed by atoms with Gasteiger partial charge in [0.2, 0.25) is 0 Å². The third-order valence-corrected chi connectivity index (χ3v) is 6.77. The molecule has 37 heavy (non-hydrogen) atoms. The third-order valence-electron chi connectivity index (χ3n) is 6.77. The van der Waals surface area contributed by atoms with Crippen LogP contribution >= 0.6 is 0 Å². The maximum Gasteiger partial charge on any atom is 0.311 e. The molecule has 1 aromatic carbocycles. The van der Waals surface area contributed by atoms with E-state index in [-0.39, 0.29) is 11.5 Å². The van der Waals surface area contributed by atoms with Crippen molar-refractivity contribution in [3.05, 3.63) is 56.6 Å². The summed E-state index contributed by atoms with van der Waals surface area (Å²) in [6, 6.07) is 2.33. The fraction of sp³-hybridized carbons (Fsp3) is 0.630. The summed E-state index contributed by atoms with van der Waals surface area (Å²) in [6.45, 7) is 4.07. The minimum atomic E-state index is -0.775. The Morgan fingerprint density at radius 1 is 0.892 bits per heavy atom. The first kappa shape index (κ1) is 29.9. The van der Waals surface area contributed by atoms with Crippen molar-refractivity contribution in [3.8, 4) is 0 Å². The standard InChI is InChI=1S/C27H39N3O7/c1-2-3-4-5-6-7-8-11-14-17-37-27(32)24-15-12-9-10-13-16-25(24)28-26(31)21-18-22(29(33)34)20-23(19-21)30(35)36/h2,18-20,24-25H,1,3-17H2,(H,28,31). The molecule has 0 saturated heterocycles. The lowest BCUT2D eigenvalue weighted by molar-refractivity contribution is -0.394. The number of nitro benzene ring substituents is 2. The van der Waals surface area contributed by atoms with Gasteiger partial charge in [0.05, 0.1) is 34.0 Å². The lowest BCUT2D eigenvalue weighted by Crippen LogP contribution is -2.44. The van der Waals surface area contributed by atoms with Crippen molar-refractivity contribution in [2.75, 3.05) is 6.61 Å². The van der Waals surface area contributed by atoms with E-state index in [1.165, 1.54) is 19.3 Å². The number of esters is 1. The Kier molecular flexibility index (Phi) is 13.3. The predicted octanol–water partition coefficient (Wildman–Crippen LogP) is 6.42. The number of non-ortho nitro benzene ring substituents is 2. The Morgan fingerprint density at radius 3 is 2.05 bits per heavy atom. The molecule has 2 atom stereocenters. The van der Waals surface area contributed by atoms with Crippen LogP contribution in [0.3, 0.4) is 0 Å². The summed E-state index contributed by atoms with van der Waals surface area (Å²) in [5, 5.41) is 25.2. The Bertz CT molecular complexity index is 902. The molecule has 1 amide bonds. The zero-order chi connectivity index (χ0) is 27.0. The number of amides is 1. The van der Waals surface area contributed by atoms with Crippen molar-refractivity contribution >= 4 is 23.3 Å². The van der Waals surface area contributed by atoms with Crippen LogP contribution in [-0.2, 0) is 9.53 Å². The summed E-state index contributed by atoms with van der Waals surface area (Å²) in [5.74, 6) is -1.55. The van der Waals surface area contributed by atoms with Gasteiger partial charge in [0, 0.05) is 18.2 Å². The van der Waals surface area contributed by atoms with E-state index in [0.717, 1.165) is 76.0 Å². The number of carbonyl (C=O) groups is 2. The topological polar surface area (TPSA) is 142 Å². The molecular formula is C27H39N3O7. The number of rotatable bonds is 15. The van der Waals surface area contributed by atoms with E-state index in [0.29, 0.717) is 19.4 Å². The number of nitro groups is 2. The molecule has 1 aliphatic carbocycles. The van der Waals surface area contributed by atoms with Crippen molar-refractivity contribution in [2.45, 2.75) is 95.9 Å². The smallest absolute Gasteiger partial charge is 0.311 e. The molecule has 0 bridgehead atoms. The van der Waals surface area contributed by atoms with Crippen LogP contribution in [-0.4, -0.2) is 34.4 Å². The number of allylic oxidation sites excluding steroid dienone is 1. The van der Waals surface area contributed by atoms with Crippen molar-refractivity contribution in [1.29, 1.82) is 0 Å². The molecular weight excluding hydrogens is 478 g/mol. The number of ether oxygens (including phenoxy) is 1. The largest absolute Gasteiger partial charge is 0.465 e. The summed E-state index contributed by atoms with van der Waals surface area (Å²) in [7, 11) is 0. The maximum atomic E-state index is 13.0. The van der Waals surface area contributed by atoms with E-state index >= 15 is 0 Å². The summed E-state index contributed by atoms with van der Waals surface area (Å²) < 4.78 is 5.58. The summed E-state index contributed by atoms with van der Waals surface area (Å²) >= 11 is 0. The van der Waals surface area contributed by atoms with Gasteiger partial charge in [-0.15, -0.1) is 6.58 Å². The lowest BCUT2D eigenvalue weighted by Gasteiger charge is -2.28. The van der Waals surface area contributed by atoms with Gasteiger partial charge in [-0.3, -0.25) is 29.8 Å². The van der Waals surface area contributed by atoms with Gasteiger partial charge in [0.15, 0.2) is 0 Å². The van der Waals surface area contributed by atoms with Crippen LogP contribution in [0.2, 0.25) is 0 Å². The average molecular weight is 518 g/mol. The molecule has 1 fully saturated rings. The maximum absolute atomic E-state index is 13.0. The van der Waals surface area contributed by atoms with E-state index in [1.807, 2.05) is 6.08 Å². The summed E-state index contributed by atoms with van der Waals surface area (Å²) in [4.78, 5) is 46.7. The van der Waals surface area contributed by atoms with Crippen LogP contribution in [0.15, 0.2) is 30.9 Å². The Labute approximate surface area is 218 Å². The zero-order valence-electron chi connectivity index (χ0n) is 21.5. The molecule has 0 spiro atoms. The summed E-state index contributed by atoms with van der Waals surface area (Å²) in [5.41, 5.74) is -1.26. The molecule has 2 rings (SSSR count). The van der Waals surface area contributed by atoms with Gasteiger partial charge >= 0.3 is 5.97 Å². The second-order valence-electron chi connectivity index (χ2n) is 9.65. The van der Waals surface area contributed by atoms with Crippen molar-refractivity contribution in [2.24, 2.45) is 5.92 Å². The molecule has 0 aliphatic heterocycles. The molecule has 1 N–H and O–H groups in total. The first-order valence-electron chi connectivity index (χ1n) is 13.4. The molecule has 204 valence electrons. The Morgan fingerprint density at radius 2 is 1.46 bits per heavy atom. The second kappa shape index (κ2) is 16.4. The quantitative estimate of drug-likeness (QED) is 0.0929. The van der Waals surface area contributed by atoms with Crippen LogP contribution in [0.5, 0.6) is 0 Å². The van der Waals surface area contributed by atoms with Gasteiger partial charge in [0.1, 0.15) is 0 Å². The lowest BCUT2D eigenvalue weighted by atomic mass is 9.86. The van der Waals surface area contributed by atoms with Crippen molar-refractivity contribution in [1.82, 2.24) is 5.32 Å². The minimum Gasteiger partial charge on any atom is -0.465 e. The normalized spacial score (nSPS) is 17.7. The van der Waals surface area contributed by atoms with Gasteiger partial charge in [-0.25, -0.2) is 0 Å². The first-order chi connectivity index (χ1) is 17.8. The molecule has 0 radical (unpaired) electrons. The molecule has 10 heteroatoms. The minimum absolute atomic E-state index is 0.181. The fourth-order valence-electron chi connectivity index (χ4n) is 4.68. The van der Waals surface area contributed by atoms with Gasteiger partial charge in [-0.1, -0.05) is 63.9 Å². The molecule has 0 heterocycles. The second-order valence-corrected chi connectivity index (χ2v) is 9.65. The number of carbonyl (C=O) groups excluding carboxylic acids is 2. The molecule has 1 aromatic rings. The number of unbranched alkanes of at least 4 members (excludes halogenated alkanes) is 7. The van der Waals surface area contributed by atoms with Gasteiger partial charge in [-0.2, -0.15) is 0 Å². The SMILES string of the molecule is C=CCCCCCCCCCOC(=O)C1CCCCCCC1NC(=O)c1cc([N+](=O)[O-])cc([N+](=O)[O-])c1. The monoisotopic (exact) mass is 517 g/mol. The number of benzene rings is 1. The highest BCUT2D eigenvalue weighted by molar-refractivity contribution is 5.96. The highest BCUT2D eigenvalue weighted by Gasteiger charge is 2.32. The zero-order valence-corrected chi connectivity index (χ0v) is 21.5. The molecule has 1 aliphatic rings. The summed E-state index contributed by atoms with van der Waals surface area (Å²) in [6.07, 6.45) is 15.4. The van der Waals surface area contributed by atoms with E-state index in [4.69, 9.17) is 4.74 Å². The highest BCUT2D eigenvalue weighted by Crippen LogP contribution is 2.26. The first-order valence-corrected chi connectivity index (χ1v) is 13.4. The van der Waals surface area contributed by atoms with Crippen LogP contribution in [0.25, 0.3) is 0 Å². The third kappa shape index (κ3) is 10.7. The van der Waals surface area contributed by atoms with Crippen molar-refractivity contribution < 1.29 is 24.2 Å².